The minimum Gasteiger partial charge on any atom is -0.465 e. The van der Waals surface area contributed by atoms with Crippen molar-refractivity contribution < 1.29 is 14.3 Å². The highest BCUT2D eigenvalue weighted by Crippen LogP contribution is 2.15. The number of hydrogen-bond acceptors (Lipinski definition) is 4. The Morgan fingerprint density at radius 3 is 2.65 bits per heavy atom. The summed E-state index contributed by atoms with van der Waals surface area (Å²) in [4.78, 5) is 25.2. The number of unbranched alkanes of at least 4 members (excludes halogenated alkanes) is 1. The van der Waals surface area contributed by atoms with Gasteiger partial charge in [0.05, 0.1) is 19.2 Å². The van der Waals surface area contributed by atoms with Gasteiger partial charge in [-0.2, -0.15) is 0 Å². The van der Waals surface area contributed by atoms with Crippen molar-refractivity contribution in [3.63, 3.8) is 0 Å². The van der Waals surface area contributed by atoms with E-state index in [4.69, 9.17) is 4.74 Å². The van der Waals surface area contributed by atoms with E-state index in [0.717, 1.165) is 19.4 Å². The molecule has 5 heteroatoms. The highest BCUT2D eigenvalue weighted by Gasteiger charge is 2.13. The predicted molar refractivity (Wildman–Crippen MR) is 78.8 cm³/mol. The normalized spacial score (nSPS) is 9.95. The zero-order chi connectivity index (χ0) is 15.0. The van der Waals surface area contributed by atoms with Gasteiger partial charge in [0.15, 0.2) is 0 Å². The standard InChI is InChI=1S/C15H22N2O3/c1-4-5-10-17(2)14(18)11-16-13-9-7-6-8-12(13)15(19)20-3/h6-9,16H,4-5,10-11H2,1-3H3. The number of hydrogen-bond donors (Lipinski definition) is 1. The maximum atomic E-state index is 11.9. The number of likely N-dealkylation sites (N-methyl/N-ethyl adjacent to an activating group) is 1. The van der Waals surface area contributed by atoms with Gasteiger partial charge < -0.3 is 15.0 Å². The first kappa shape index (κ1) is 16.0. The molecular weight excluding hydrogens is 256 g/mol. The van der Waals surface area contributed by atoms with Crippen LogP contribution in [0.25, 0.3) is 0 Å². The molecule has 1 aromatic rings. The number of carbonyl (C=O) groups is 2. The third kappa shape index (κ3) is 4.57. The van der Waals surface area contributed by atoms with E-state index < -0.39 is 5.97 Å². The number of amides is 1. The molecule has 0 aliphatic carbocycles. The van der Waals surface area contributed by atoms with E-state index in [0.29, 0.717) is 11.3 Å². The molecular formula is C15H22N2O3. The summed E-state index contributed by atoms with van der Waals surface area (Å²) in [7, 11) is 3.12. The first-order valence-corrected chi connectivity index (χ1v) is 6.75. The van der Waals surface area contributed by atoms with Crippen molar-refractivity contribution in [2.24, 2.45) is 0 Å². The van der Waals surface area contributed by atoms with Crippen molar-refractivity contribution in [3.8, 4) is 0 Å². The van der Waals surface area contributed by atoms with Crippen LogP contribution in [0, 0.1) is 0 Å². The summed E-state index contributed by atoms with van der Waals surface area (Å²) in [6.45, 7) is 2.99. The zero-order valence-electron chi connectivity index (χ0n) is 12.3. The number of methoxy groups -OCH3 is 1. The average molecular weight is 278 g/mol. The molecule has 1 amide bonds. The van der Waals surface area contributed by atoms with Gasteiger partial charge in [-0.1, -0.05) is 25.5 Å². The Labute approximate surface area is 119 Å². The summed E-state index contributed by atoms with van der Waals surface area (Å²) < 4.78 is 4.71. The maximum Gasteiger partial charge on any atom is 0.339 e. The van der Waals surface area contributed by atoms with E-state index >= 15 is 0 Å². The van der Waals surface area contributed by atoms with Crippen LogP contribution in [0.4, 0.5) is 5.69 Å². The Kier molecular flexibility index (Phi) is 6.56. The Morgan fingerprint density at radius 1 is 1.30 bits per heavy atom. The Hall–Kier alpha value is -2.04. The fraction of sp³-hybridized carbons (Fsp3) is 0.467. The molecule has 0 aliphatic rings. The van der Waals surface area contributed by atoms with Gasteiger partial charge in [-0.15, -0.1) is 0 Å². The molecule has 20 heavy (non-hydrogen) atoms. The lowest BCUT2D eigenvalue weighted by molar-refractivity contribution is -0.128. The van der Waals surface area contributed by atoms with E-state index in [9.17, 15) is 9.59 Å². The summed E-state index contributed by atoms with van der Waals surface area (Å²) in [5, 5.41) is 2.99. The summed E-state index contributed by atoms with van der Waals surface area (Å²) in [6.07, 6.45) is 2.04. The number of carbonyl (C=O) groups excluding carboxylic acids is 2. The zero-order valence-corrected chi connectivity index (χ0v) is 12.3. The van der Waals surface area contributed by atoms with Crippen LogP contribution in [0.2, 0.25) is 0 Å². The molecule has 0 bridgehead atoms. The number of esters is 1. The minimum atomic E-state index is -0.417. The second kappa shape index (κ2) is 8.19. The minimum absolute atomic E-state index is 0.00174. The molecule has 110 valence electrons. The SMILES string of the molecule is CCCCN(C)C(=O)CNc1ccccc1C(=O)OC. The van der Waals surface area contributed by atoms with E-state index in [1.54, 1.807) is 36.2 Å². The van der Waals surface area contributed by atoms with Gasteiger partial charge in [-0.05, 0) is 18.6 Å². The van der Waals surface area contributed by atoms with E-state index in [1.165, 1.54) is 7.11 Å². The lowest BCUT2D eigenvalue weighted by Gasteiger charge is -2.18. The first-order valence-electron chi connectivity index (χ1n) is 6.75. The van der Waals surface area contributed by atoms with Gasteiger partial charge >= 0.3 is 5.97 Å². The number of para-hydroxylation sites is 1. The summed E-state index contributed by atoms with van der Waals surface area (Å²) in [5.41, 5.74) is 1.04. The van der Waals surface area contributed by atoms with Crippen molar-refractivity contribution >= 4 is 17.6 Å². The Morgan fingerprint density at radius 2 is 2.00 bits per heavy atom. The van der Waals surface area contributed by atoms with E-state index in [-0.39, 0.29) is 12.5 Å². The molecule has 0 spiro atoms. The molecule has 1 aromatic carbocycles. The van der Waals surface area contributed by atoms with Gasteiger partial charge in [0.1, 0.15) is 0 Å². The monoisotopic (exact) mass is 278 g/mol. The molecule has 0 saturated carbocycles. The molecule has 5 nitrogen and oxygen atoms in total. The molecule has 0 aromatic heterocycles. The summed E-state index contributed by atoms with van der Waals surface area (Å²) >= 11 is 0. The smallest absolute Gasteiger partial charge is 0.339 e. The highest BCUT2D eigenvalue weighted by atomic mass is 16.5. The molecule has 0 heterocycles. The average Bonchev–Trinajstić information content (AvgIpc) is 2.49. The van der Waals surface area contributed by atoms with Crippen molar-refractivity contribution in [2.45, 2.75) is 19.8 Å². The molecule has 0 atom stereocenters. The van der Waals surface area contributed by atoms with Gasteiger partial charge in [-0.25, -0.2) is 4.79 Å². The third-order valence-electron chi connectivity index (χ3n) is 3.04. The molecule has 0 saturated heterocycles. The van der Waals surface area contributed by atoms with Crippen molar-refractivity contribution in [2.75, 3.05) is 32.6 Å². The highest BCUT2D eigenvalue weighted by molar-refractivity contribution is 5.96. The number of benzene rings is 1. The molecule has 0 aliphatic heterocycles. The third-order valence-corrected chi connectivity index (χ3v) is 3.04. The van der Waals surface area contributed by atoms with Crippen LogP contribution in [-0.4, -0.2) is 44.0 Å². The van der Waals surface area contributed by atoms with Gasteiger partial charge in [-0.3, -0.25) is 4.79 Å². The topological polar surface area (TPSA) is 58.6 Å². The number of nitrogens with zero attached hydrogens (tertiary/aromatic N) is 1. The second-order valence-electron chi connectivity index (χ2n) is 4.56. The first-order chi connectivity index (χ1) is 9.60. The number of anilines is 1. The fourth-order valence-corrected chi connectivity index (χ4v) is 1.75. The molecule has 1 rings (SSSR count). The molecule has 0 fully saturated rings. The molecule has 0 unspecified atom stereocenters. The van der Waals surface area contributed by atoms with Crippen LogP contribution in [0.1, 0.15) is 30.1 Å². The molecule has 0 radical (unpaired) electrons. The van der Waals surface area contributed by atoms with E-state index in [2.05, 4.69) is 12.2 Å². The van der Waals surface area contributed by atoms with Gasteiger partial charge in [0, 0.05) is 19.3 Å². The Bertz CT molecular complexity index is 460. The van der Waals surface area contributed by atoms with E-state index in [1.807, 2.05) is 0 Å². The van der Waals surface area contributed by atoms with Crippen LogP contribution in [0.15, 0.2) is 24.3 Å². The van der Waals surface area contributed by atoms with Gasteiger partial charge in [0.2, 0.25) is 5.91 Å². The lowest BCUT2D eigenvalue weighted by atomic mass is 10.2. The van der Waals surface area contributed by atoms with Crippen LogP contribution < -0.4 is 5.32 Å². The largest absolute Gasteiger partial charge is 0.465 e. The van der Waals surface area contributed by atoms with Crippen molar-refractivity contribution in [1.29, 1.82) is 0 Å². The number of ether oxygens (including phenoxy) is 1. The van der Waals surface area contributed by atoms with Crippen LogP contribution in [0.3, 0.4) is 0 Å². The van der Waals surface area contributed by atoms with Crippen LogP contribution in [-0.2, 0) is 9.53 Å². The van der Waals surface area contributed by atoms with Crippen LogP contribution in [0.5, 0.6) is 0 Å². The quantitative estimate of drug-likeness (QED) is 0.776. The van der Waals surface area contributed by atoms with Crippen molar-refractivity contribution in [3.05, 3.63) is 29.8 Å². The fourth-order valence-electron chi connectivity index (χ4n) is 1.75. The summed E-state index contributed by atoms with van der Waals surface area (Å²) in [6, 6.07) is 6.98. The van der Waals surface area contributed by atoms with Crippen LogP contribution >= 0.6 is 0 Å². The summed E-state index contributed by atoms with van der Waals surface area (Å²) in [5.74, 6) is -0.419. The maximum absolute atomic E-state index is 11.9. The lowest BCUT2D eigenvalue weighted by Crippen LogP contribution is -2.33. The molecule has 1 N–H and O–H groups in total. The predicted octanol–water partition coefficient (Wildman–Crippen LogP) is 2.14. The Balaban J connectivity index is 2.61. The number of nitrogens with one attached hydrogen (secondary N) is 1. The second-order valence-corrected chi connectivity index (χ2v) is 4.56. The number of rotatable bonds is 7. The van der Waals surface area contributed by atoms with Gasteiger partial charge in [0.25, 0.3) is 0 Å². The van der Waals surface area contributed by atoms with Crippen molar-refractivity contribution in [1.82, 2.24) is 4.90 Å².